The second kappa shape index (κ2) is 10.5. The molecule has 0 aliphatic carbocycles. The molecule has 172 valence electrons. The van der Waals surface area contributed by atoms with Crippen molar-refractivity contribution < 1.29 is 19.7 Å². The lowest BCUT2D eigenvalue weighted by Crippen LogP contribution is -2.16. The first-order valence-electron chi connectivity index (χ1n) is 10.9. The number of rotatable bonds is 8. The number of nitrogens with zero attached hydrogens (tertiary/aromatic N) is 4. The maximum absolute atomic E-state index is 12.8. The summed E-state index contributed by atoms with van der Waals surface area (Å²) in [6.07, 6.45) is 3.14. The predicted molar refractivity (Wildman–Crippen MR) is 130 cm³/mol. The van der Waals surface area contributed by atoms with Crippen molar-refractivity contribution in [2.24, 2.45) is 20.2 Å². The molecular formula is C26H24N4O4. The van der Waals surface area contributed by atoms with Gasteiger partial charge in [-0.25, -0.2) is 0 Å². The number of fused-ring (bicyclic) bond motifs is 1. The third kappa shape index (κ3) is 4.85. The molecule has 34 heavy (non-hydrogen) atoms. The molecule has 0 aromatic heterocycles. The van der Waals surface area contributed by atoms with Crippen molar-refractivity contribution in [1.82, 2.24) is 0 Å². The van der Waals surface area contributed by atoms with E-state index in [1.165, 1.54) is 0 Å². The molecule has 3 aromatic carbocycles. The van der Waals surface area contributed by atoms with Crippen molar-refractivity contribution >= 4 is 24.0 Å². The van der Waals surface area contributed by atoms with Gasteiger partial charge in [-0.3, -0.25) is 14.8 Å². The van der Waals surface area contributed by atoms with Crippen LogP contribution in [0.4, 0.5) is 5.69 Å². The highest BCUT2D eigenvalue weighted by Crippen LogP contribution is 2.45. The molecule has 8 nitrogen and oxygen atoms in total. The fourth-order valence-corrected chi connectivity index (χ4v) is 3.70. The van der Waals surface area contributed by atoms with Crippen LogP contribution in [0.5, 0.6) is 17.2 Å². The molecule has 1 heterocycles. The Morgan fingerprint density at radius 1 is 0.912 bits per heavy atom. The minimum atomic E-state index is -0.827. The Labute approximate surface area is 197 Å². The number of ether oxygens (including phenoxy) is 1. The molecular weight excluding hydrogens is 432 g/mol. The van der Waals surface area contributed by atoms with Gasteiger partial charge in [-0.15, -0.1) is 10.2 Å². The van der Waals surface area contributed by atoms with Gasteiger partial charge in [0.2, 0.25) is 0 Å². The zero-order chi connectivity index (χ0) is 23.9. The average Bonchev–Trinajstić information content (AvgIpc) is 2.84. The summed E-state index contributed by atoms with van der Waals surface area (Å²) in [5.41, 5.74) is 2.67. The van der Waals surface area contributed by atoms with Gasteiger partial charge in [0.25, 0.3) is 5.91 Å². The highest BCUT2D eigenvalue weighted by molar-refractivity contribution is 5.94. The Morgan fingerprint density at radius 3 is 2.38 bits per heavy atom. The number of aromatic hydroxyl groups is 2. The Balaban J connectivity index is 1.57. The summed E-state index contributed by atoms with van der Waals surface area (Å²) in [4.78, 5) is 21.4. The second-order valence-corrected chi connectivity index (χ2v) is 7.51. The minimum absolute atomic E-state index is 0.0855. The maximum Gasteiger partial charge on any atom is 0.276 e. The van der Waals surface area contributed by atoms with E-state index < -0.39 is 11.8 Å². The first-order chi connectivity index (χ1) is 16.6. The summed E-state index contributed by atoms with van der Waals surface area (Å²) in [7, 11) is 0. The van der Waals surface area contributed by atoms with E-state index in [0.717, 1.165) is 0 Å². The van der Waals surface area contributed by atoms with Crippen molar-refractivity contribution in [3.8, 4) is 17.2 Å². The summed E-state index contributed by atoms with van der Waals surface area (Å²) < 4.78 is 5.73. The lowest BCUT2D eigenvalue weighted by Gasteiger charge is -2.23. The van der Waals surface area contributed by atoms with Crippen molar-refractivity contribution in [1.29, 1.82) is 0 Å². The van der Waals surface area contributed by atoms with Crippen LogP contribution < -0.4 is 4.74 Å². The molecule has 0 spiro atoms. The van der Waals surface area contributed by atoms with Crippen LogP contribution >= 0.6 is 0 Å². The lowest BCUT2D eigenvalue weighted by molar-refractivity contribution is -0.119. The van der Waals surface area contributed by atoms with Crippen LogP contribution in [0.1, 0.15) is 35.1 Å². The number of aliphatic imine (C=N–C) groups is 2. The van der Waals surface area contributed by atoms with E-state index in [2.05, 4.69) is 20.2 Å². The normalized spacial score (nSPS) is 15.2. The highest BCUT2D eigenvalue weighted by atomic mass is 16.5. The fraction of sp³-hybridized carbons (Fsp3) is 0.192. The monoisotopic (exact) mass is 456 g/mol. The van der Waals surface area contributed by atoms with Crippen LogP contribution in [0, 0.1) is 0 Å². The molecule has 0 bridgehead atoms. The molecule has 4 rings (SSSR count). The van der Waals surface area contributed by atoms with Gasteiger partial charge < -0.3 is 14.9 Å². The second-order valence-electron chi connectivity index (χ2n) is 7.51. The largest absolute Gasteiger partial charge is 0.507 e. The Kier molecular flexibility index (Phi) is 7.07. The Morgan fingerprint density at radius 2 is 1.62 bits per heavy atom. The van der Waals surface area contributed by atoms with Gasteiger partial charge in [-0.2, -0.15) is 0 Å². The standard InChI is InChI=1S/C26H24N4O4/c1-2-34-22-12-11-18(16-28-14-13-27-15-17-7-3-6-10-21(17)31)25(32)24(22)23-19-8-4-5-9-20(19)29-30-26(23)33/h3-12,15-16,23,31-32H,2,13-14H2,1H3. The number of amides is 1. The van der Waals surface area contributed by atoms with Gasteiger partial charge in [0.15, 0.2) is 0 Å². The van der Waals surface area contributed by atoms with E-state index in [0.29, 0.717) is 53.4 Å². The van der Waals surface area contributed by atoms with E-state index in [-0.39, 0.29) is 11.5 Å². The molecule has 0 radical (unpaired) electrons. The molecule has 3 aromatic rings. The number of carbonyl (C=O) groups excluding carboxylic acids is 1. The fourth-order valence-electron chi connectivity index (χ4n) is 3.70. The molecule has 0 fully saturated rings. The van der Waals surface area contributed by atoms with Crippen LogP contribution in [0.15, 0.2) is 80.9 Å². The number of azo groups is 1. The van der Waals surface area contributed by atoms with Crippen molar-refractivity contribution in [3.63, 3.8) is 0 Å². The molecule has 0 saturated carbocycles. The van der Waals surface area contributed by atoms with Gasteiger partial charge in [0.05, 0.1) is 30.9 Å². The predicted octanol–water partition coefficient (Wildman–Crippen LogP) is 4.79. The van der Waals surface area contributed by atoms with Crippen LogP contribution in [0.3, 0.4) is 0 Å². The highest BCUT2D eigenvalue weighted by Gasteiger charge is 2.34. The van der Waals surface area contributed by atoms with Crippen LogP contribution in [-0.2, 0) is 4.79 Å². The topological polar surface area (TPSA) is 116 Å². The van der Waals surface area contributed by atoms with E-state index in [1.54, 1.807) is 54.9 Å². The first-order valence-corrected chi connectivity index (χ1v) is 10.9. The quantitative estimate of drug-likeness (QED) is 0.374. The third-order valence-corrected chi connectivity index (χ3v) is 5.30. The molecule has 0 saturated heterocycles. The van der Waals surface area contributed by atoms with E-state index in [1.807, 2.05) is 25.1 Å². The molecule has 1 aliphatic heterocycles. The molecule has 8 heteroatoms. The van der Waals surface area contributed by atoms with E-state index in [9.17, 15) is 15.0 Å². The number of benzene rings is 3. The van der Waals surface area contributed by atoms with Crippen molar-refractivity contribution in [2.75, 3.05) is 19.7 Å². The summed E-state index contributed by atoms with van der Waals surface area (Å²) in [6.45, 7) is 3.00. The van der Waals surface area contributed by atoms with Gasteiger partial charge in [0.1, 0.15) is 23.2 Å². The molecule has 2 N–H and O–H groups in total. The van der Waals surface area contributed by atoms with Gasteiger partial charge in [-0.05, 0) is 42.8 Å². The summed E-state index contributed by atoms with van der Waals surface area (Å²) in [5, 5.41) is 28.7. The zero-order valence-corrected chi connectivity index (χ0v) is 18.6. The number of hydrogen-bond donors (Lipinski definition) is 2. The Bertz CT molecular complexity index is 1280. The average molecular weight is 457 g/mol. The summed E-state index contributed by atoms with van der Waals surface area (Å²) in [5.74, 6) is -0.804. The maximum atomic E-state index is 12.8. The number of phenols is 2. The van der Waals surface area contributed by atoms with Crippen LogP contribution in [0.25, 0.3) is 0 Å². The number of carbonyl (C=O) groups is 1. The van der Waals surface area contributed by atoms with E-state index >= 15 is 0 Å². The van der Waals surface area contributed by atoms with Gasteiger partial charge >= 0.3 is 0 Å². The SMILES string of the molecule is CCOc1ccc(C=NCCN=Cc2ccccc2O)c(O)c1C1C(=O)N=Nc2ccccc21. The minimum Gasteiger partial charge on any atom is -0.507 e. The number of para-hydroxylation sites is 1. The molecule has 1 unspecified atom stereocenters. The van der Waals surface area contributed by atoms with Gasteiger partial charge in [0, 0.05) is 23.6 Å². The van der Waals surface area contributed by atoms with Crippen LogP contribution in [-0.4, -0.2) is 48.2 Å². The zero-order valence-electron chi connectivity index (χ0n) is 18.6. The summed E-state index contributed by atoms with van der Waals surface area (Å²) >= 11 is 0. The number of hydrogen-bond acceptors (Lipinski definition) is 7. The number of phenolic OH excluding ortho intramolecular Hbond substituents is 2. The first kappa shape index (κ1) is 22.8. The van der Waals surface area contributed by atoms with Crippen molar-refractivity contribution in [3.05, 3.63) is 82.9 Å². The summed E-state index contributed by atoms with van der Waals surface area (Å²) in [6, 6.07) is 17.6. The van der Waals surface area contributed by atoms with Gasteiger partial charge in [-0.1, -0.05) is 30.3 Å². The smallest absolute Gasteiger partial charge is 0.276 e. The van der Waals surface area contributed by atoms with Crippen molar-refractivity contribution in [2.45, 2.75) is 12.8 Å². The molecule has 1 atom stereocenters. The van der Waals surface area contributed by atoms with E-state index in [4.69, 9.17) is 4.74 Å². The molecule has 1 aliphatic rings. The Hall–Kier alpha value is -4.33. The van der Waals surface area contributed by atoms with Crippen LogP contribution in [0.2, 0.25) is 0 Å². The third-order valence-electron chi connectivity index (χ3n) is 5.30. The molecule has 1 amide bonds. The lowest BCUT2D eigenvalue weighted by atomic mass is 9.86.